The van der Waals surface area contributed by atoms with Crippen LogP contribution < -0.4 is 5.32 Å². The van der Waals surface area contributed by atoms with E-state index in [9.17, 15) is 5.26 Å². The molecule has 1 heterocycles. The summed E-state index contributed by atoms with van der Waals surface area (Å²) in [5.41, 5.74) is 1.54. The minimum absolute atomic E-state index is 0.588. The van der Waals surface area contributed by atoms with Crippen LogP contribution in [0.15, 0.2) is 33.9 Å². The van der Waals surface area contributed by atoms with Crippen LogP contribution in [0.25, 0.3) is 0 Å². The highest BCUT2D eigenvalue weighted by Crippen LogP contribution is 2.27. The van der Waals surface area contributed by atoms with Crippen molar-refractivity contribution in [3.63, 3.8) is 0 Å². The van der Waals surface area contributed by atoms with Gasteiger partial charge in [0.2, 0.25) is 5.89 Å². The molecule has 0 aliphatic heterocycles. The predicted molar refractivity (Wildman–Crippen MR) is 74.0 cm³/mol. The first-order chi connectivity index (χ1) is 9.35. The number of nitriles is 1. The van der Waals surface area contributed by atoms with Crippen molar-refractivity contribution >= 4 is 17.4 Å². The van der Waals surface area contributed by atoms with E-state index in [0.717, 1.165) is 16.3 Å². The summed E-state index contributed by atoms with van der Waals surface area (Å²) in [7, 11) is 0. The molecule has 98 valence electrons. The Morgan fingerprint density at radius 1 is 1.47 bits per heavy atom. The lowest BCUT2D eigenvalue weighted by atomic mass is 10.2. The zero-order valence-electron chi connectivity index (χ0n) is 10.6. The van der Waals surface area contributed by atoms with E-state index in [-0.39, 0.29) is 0 Å². The highest BCUT2D eigenvalue weighted by Gasteiger charge is 2.08. The van der Waals surface area contributed by atoms with E-state index < -0.39 is 0 Å². The third kappa shape index (κ3) is 3.48. The summed E-state index contributed by atoms with van der Waals surface area (Å²) in [5.74, 6) is 1.53. The molecule has 0 saturated heterocycles. The van der Waals surface area contributed by atoms with Gasteiger partial charge in [-0.3, -0.25) is 0 Å². The number of aromatic nitrogens is 2. The summed E-state index contributed by atoms with van der Waals surface area (Å²) < 4.78 is 4.92. The molecule has 0 atom stereocenters. The van der Waals surface area contributed by atoms with Crippen LogP contribution in [0.5, 0.6) is 0 Å². The van der Waals surface area contributed by atoms with Crippen LogP contribution in [0.4, 0.5) is 5.69 Å². The molecule has 0 saturated carbocycles. The average molecular weight is 274 g/mol. The first-order valence-corrected chi connectivity index (χ1v) is 6.99. The van der Waals surface area contributed by atoms with Crippen LogP contribution in [-0.2, 0) is 6.42 Å². The van der Waals surface area contributed by atoms with Gasteiger partial charge in [-0.15, -0.1) is 11.8 Å². The minimum Gasteiger partial charge on any atom is -0.383 e. The molecule has 5 nitrogen and oxygen atoms in total. The van der Waals surface area contributed by atoms with Gasteiger partial charge in [0.25, 0.3) is 0 Å². The van der Waals surface area contributed by atoms with E-state index in [2.05, 4.69) is 28.5 Å². The second-order valence-electron chi connectivity index (χ2n) is 3.74. The molecule has 0 aliphatic carbocycles. The van der Waals surface area contributed by atoms with Crippen LogP contribution in [0.2, 0.25) is 0 Å². The fourth-order valence-electron chi connectivity index (χ4n) is 1.68. The molecule has 0 fully saturated rings. The van der Waals surface area contributed by atoms with E-state index in [1.54, 1.807) is 11.8 Å². The molecule has 0 radical (unpaired) electrons. The Labute approximate surface area is 116 Å². The maximum Gasteiger partial charge on any atom is 0.228 e. The smallest absolute Gasteiger partial charge is 0.228 e. The lowest BCUT2D eigenvalue weighted by Gasteiger charge is -2.10. The van der Waals surface area contributed by atoms with Crippen molar-refractivity contribution in [3.05, 3.63) is 36.0 Å². The lowest BCUT2D eigenvalue weighted by molar-refractivity contribution is 0.380. The number of anilines is 1. The van der Waals surface area contributed by atoms with E-state index in [0.29, 0.717) is 24.4 Å². The predicted octanol–water partition coefficient (Wildman–Crippen LogP) is 2.71. The fourth-order valence-corrected chi connectivity index (χ4v) is 2.47. The summed E-state index contributed by atoms with van der Waals surface area (Å²) in [6.07, 6.45) is 2.02. The van der Waals surface area contributed by atoms with Crippen LogP contribution in [-0.4, -0.2) is 22.4 Å². The Morgan fingerprint density at radius 3 is 3.05 bits per heavy atom. The Bertz CT molecular complexity index is 563. The highest BCUT2D eigenvalue weighted by molar-refractivity contribution is 7.99. The molecule has 19 heavy (non-hydrogen) atoms. The van der Waals surface area contributed by atoms with Crippen molar-refractivity contribution in [3.8, 4) is 6.07 Å². The minimum atomic E-state index is 0.588. The van der Waals surface area contributed by atoms with Gasteiger partial charge in [-0.05, 0) is 17.9 Å². The fraction of sp³-hybridized carbons (Fsp3) is 0.308. The monoisotopic (exact) mass is 274 g/mol. The average Bonchev–Trinajstić information content (AvgIpc) is 2.93. The standard InChI is InChI=1S/C13H14N4OS/c1-2-19-12-5-3-4-11(10(12)8-14)15-7-6-13-16-9-17-18-13/h3-5,9,15H,2,6-7H2,1H3. The Morgan fingerprint density at radius 2 is 2.37 bits per heavy atom. The summed E-state index contributed by atoms with van der Waals surface area (Å²) in [4.78, 5) is 4.96. The molecule has 1 aromatic carbocycles. The van der Waals surface area contributed by atoms with Gasteiger partial charge in [0.15, 0.2) is 6.33 Å². The number of thioether (sulfide) groups is 1. The SMILES string of the molecule is CCSc1cccc(NCCc2ncno2)c1C#N. The Hall–Kier alpha value is -2.00. The number of nitrogens with one attached hydrogen (secondary N) is 1. The van der Waals surface area contributed by atoms with Crippen molar-refractivity contribution in [1.29, 1.82) is 5.26 Å². The normalized spacial score (nSPS) is 10.1. The number of benzene rings is 1. The number of hydrogen-bond acceptors (Lipinski definition) is 6. The summed E-state index contributed by atoms with van der Waals surface area (Å²) in [6.45, 7) is 2.72. The second kappa shape index (κ2) is 6.81. The molecule has 0 amide bonds. The molecule has 1 aromatic heterocycles. The number of nitrogens with zero attached hydrogens (tertiary/aromatic N) is 3. The van der Waals surface area contributed by atoms with Crippen LogP contribution in [0.1, 0.15) is 18.4 Å². The van der Waals surface area contributed by atoms with Crippen LogP contribution >= 0.6 is 11.8 Å². The summed E-state index contributed by atoms with van der Waals surface area (Å²) in [6, 6.07) is 8.09. The molecule has 6 heteroatoms. The molecule has 2 rings (SSSR count). The van der Waals surface area contributed by atoms with Gasteiger partial charge in [0.05, 0.1) is 11.3 Å². The number of hydrogen-bond donors (Lipinski definition) is 1. The zero-order valence-corrected chi connectivity index (χ0v) is 11.4. The van der Waals surface area contributed by atoms with Gasteiger partial charge in [0.1, 0.15) is 6.07 Å². The maximum absolute atomic E-state index is 9.27. The topological polar surface area (TPSA) is 74.7 Å². The van der Waals surface area contributed by atoms with Crippen molar-refractivity contribution in [2.45, 2.75) is 18.2 Å². The van der Waals surface area contributed by atoms with Gasteiger partial charge in [-0.1, -0.05) is 18.1 Å². The van der Waals surface area contributed by atoms with Crippen molar-refractivity contribution in [1.82, 2.24) is 10.1 Å². The van der Waals surface area contributed by atoms with Gasteiger partial charge >= 0.3 is 0 Å². The largest absolute Gasteiger partial charge is 0.383 e. The van der Waals surface area contributed by atoms with E-state index in [1.807, 2.05) is 18.2 Å². The molecule has 0 unspecified atom stereocenters. The molecular weight excluding hydrogens is 260 g/mol. The maximum atomic E-state index is 9.27. The Kier molecular flexibility index (Phi) is 4.81. The highest BCUT2D eigenvalue weighted by atomic mass is 32.2. The van der Waals surface area contributed by atoms with E-state index >= 15 is 0 Å². The van der Waals surface area contributed by atoms with Crippen molar-refractivity contribution < 1.29 is 4.52 Å². The summed E-state index contributed by atoms with van der Waals surface area (Å²) in [5, 5.41) is 16.1. The first-order valence-electron chi connectivity index (χ1n) is 6.00. The van der Waals surface area contributed by atoms with E-state index in [1.165, 1.54) is 6.33 Å². The Balaban J connectivity index is 2.03. The third-order valence-corrected chi connectivity index (χ3v) is 3.44. The molecular formula is C13H14N4OS. The van der Waals surface area contributed by atoms with Gasteiger partial charge in [0, 0.05) is 17.9 Å². The quantitative estimate of drug-likeness (QED) is 0.816. The summed E-state index contributed by atoms with van der Waals surface area (Å²) >= 11 is 1.67. The lowest BCUT2D eigenvalue weighted by Crippen LogP contribution is -2.06. The van der Waals surface area contributed by atoms with E-state index in [4.69, 9.17) is 4.52 Å². The van der Waals surface area contributed by atoms with Crippen LogP contribution in [0.3, 0.4) is 0 Å². The second-order valence-corrected chi connectivity index (χ2v) is 5.04. The molecule has 0 aliphatic rings. The molecule has 0 spiro atoms. The number of rotatable bonds is 6. The van der Waals surface area contributed by atoms with Gasteiger partial charge in [-0.2, -0.15) is 10.2 Å². The first kappa shape index (κ1) is 13.4. The molecule has 0 bridgehead atoms. The van der Waals surface area contributed by atoms with Gasteiger partial charge in [-0.25, -0.2) is 0 Å². The van der Waals surface area contributed by atoms with Crippen molar-refractivity contribution in [2.24, 2.45) is 0 Å². The molecule has 2 aromatic rings. The zero-order chi connectivity index (χ0) is 13.5. The molecule has 1 N–H and O–H groups in total. The van der Waals surface area contributed by atoms with Gasteiger partial charge < -0.3 is 9.84 Å². The van der Waals surface area contributed by atoms with Crippen LogP contribution in [0, 0.1) is 11.3 Å². The van der Waals surface area contributed by atoms with Crippen molar-refractivity contribution in [2.75, 3.05) is 17.6 Å². The third-order valence-electron chi connectivity index (χ3n) is 2.50.